The van der Waals surface area contributed by atoms with Crippen LogP contribution in [0.3, 0.4) is 0 Å². The highest BCUT2D eigenvalue weighted by molar-refractivity contribution is 5.79. The highest BCUT2D eigenvalue weighted by Gasteiger charge is 2.16. The van der Waals surface area contributed by atoms with Crippen molar-refractivity contribution in [2.75, 3.05) is 33.1 Å². The van der Waals surface area contributed by atoms with Gasteiger partial charge in [0.2, 0.25) is 0 Å². The normalized spacial score (nSPS) is 13.6. The van der Waals surface area contributed by atoms with Gasteiger partial charge in [-0.2, -0.15) is 5.26 Å². The van der Waals surface area contributed by atoms with Crippen molar-refractivity contribution in [2.24, 2.45) is 0 Å². The zero-order valence-electron chi connectivity index (χ0n) is 11.9. The van der Waals surface area contributed by atoms with E-state index in [9.17, 15) is 5.26 Å². The summed E-state index contributed by atoms with van der Waals surface area (Å²) in [6, 6.07) is 8.39. The Labute approximate surface area is 115 Å². The van der Waals surface area contributed by atoms with Crippen molar-refractivity contribution in [1.29, 1.82) is 5.26 Å². The van der Waals surface area contributed by atoms with Crippen molar-refractivity contribution in [3.05, 3.63) is 47.2 Å². The summed E-state index contributed by atoms with van der Waals surface area (Å²) in [5.41, 5.74) is 5.25. The lowest BCUT2D eigenvalue weighted by molar-refractivity contribution is 0.533. The van der Waals surface area contributed by atoms with Crippen LogP contribution < -0.4 is 4.90 Å². The third kappa shape index (κ3) is 2.48. The first-order chi connectivity index (χ1) is 9.04. The van der Waals surface area contributed by atoms with E-state index in [2.05, 4.69) is 35.3 Å². The van der Waals surface area contributed by atoms with Crippen LogP contribution in [-0.4, -0.2) is 33.1 Å². The summed E-state index contributed by atoms with van der Waals surface area (Å²) in [6.45, 7) is 0. The van der Waals surface area contributed by atoms with Crippen LogP contribution in [-0.2, 0) is 0 Å². The molecule has 0 bridgehead atoms. The van der Waals surface area contributed by atoms with E-state index in [-0.39, 0.29) is 0 Å². The van der Waals surface area contributed by atoms with Crippen LogP contribution in [0.1, 0.15) is 17.5 Å². The maximum atomic E-state index is 9.38. The van der Waals surface area contributed by atoms with Crippen LogP contribution in [0.25, 0.3) is 5.57 Å². The summed E-state index contributed by atoms with van der Waals surface area (Å²) in [7, 11) is 8.03. The molecule has 0 saturated heterocycles. The molecule has 3 heteroatoms. The Hall–Kier alpha value is -2.21. The van der Waals surface area contributed by atoms with Gasteiger partial charge in [0.15, 0.2) is 0 Å². The minimum Gasteiger partial charge on any atom is -0.378 e. The molecule has 0 heterocycles. The number of hydrogen-bond donors (Lipinski definition) is 0. The Bertz CT molecular complexity index is 587. The van der Waals surface area contributed by atoms with Crippen molar-refractivity contribution in [3.8, 4) is 6.07 Å². The molecule has 1 aliphatic rings. The Morgan fingerprint density at radius 2 is 1.84 bits per heavy atom. The maximum Gasteiger partial charge on any atom is 0.0998 e. The standard InChI is InChI=1S/C16H19N3/c1-18(2)13-8-9-14(12(10-13)11-17)15-6-5-7-16(15)19(3)4/h5,7-10H,6H2,1-4H3. The zero-order valence-corrected chi connectivity index (χ0v) is 11.9. The molecule has 0 fully saturated rings. The smallest absolute Gasteiger partial charge is 0.0998 e. The van der Waals surface area contributed by atoms with Gasteiger partial charge >= 0.3 is 0 Å². The highest BCUT2D eigenvalue weighted by Crippen LogP contribution is 2.33. The Morgan fingerprint density at radius 1 is 1.11 bits per heavy atom. The van der Waals surface area contributed by atoms with Gasteiger partial charge in [-0.1, -0.05) is 12.1 Å². The van der Waals surface area contributed by atoms with Crippen molar-refractivity contribution in [2.45, 2.75) is 6.42 Å². The van der Waals surface area contributed by atoms with Crippen molar-refractivity contribution < 1.29 is 0 Å². The average molecular weight is 253 g/mol. The van der Waals surface area contributed by atoms with Gasteiger partial charge in [-0.05, 0) is 35.8 Å². The fourth-order valence-corrected chi connectivity index (χ4v) is 2.33. The molecule has 0 unspecified atom stereocenters. The van der Waals surface area contributed by atoms with Crippen LogP contribution in [0, 0.1) is 11.3 Å². The molecule has 1 aromatic rings. The number of rotatable bonds is 3. The van der Waals surface area contributed by atoms with Gasteiger partial charge in [0.25, 0.3) is 0 Å². The Balaban J connectivity index is 2.53. The second-order valence-corrected chi connectivity index (χ2v) is 5.10. The molecule has 0 atom stereocenters. The summed E-state index contributed by atoms with van der Waals surface area (Å²) < 4.78 is 0. The van der Waals surface area contributed by atoms with Gasteiger partial charge < -0.3 is 9.80 Å². The van der Waals surface area contributed by atoms with Crippen LogP contribution in [0.2, 0.25) is 0 Å². The molecule has 0 N–H and O–H groups in total. The molecular weight excluding hydrogens is 234 g/mol. The largest absolute Gasteiger partial charge is 0.378 e. The highest BCUT2D eigenvalue weighted by atomic mass is 15.1. The predicted molar refractivity (Wildman–Crippen MR) is 79.8 cm³/mol. The fourth-order valence-electron chi connectivity index (χ4n) is 2.33. The Morgan fingerprint density at radius 3 is 2.42 bits per heavy atom. The SMILES string of the molecule is CN(C)C1=C(c2ccc(N(C)C)cc2C#N)CC=C1. The molecular formula is C16H19N3. The zero-order chi connectivity index (χ0) is 14.0. The van der Waals surface area contributed by atoms with E-state index in [1.807, 2.05) is 39.2 Å². The lowest BCUT2D eigenvalue weighted by atomic mass is 9.97. The molecule has 0 radical (unpaired) electrons. The Kier molecular flexibility index (Phi) is 3.62. The van der Waals surface area contributed by atoms with Crippen molar-refractivity contribution in [1.82, 2.24) is 4.90 Å². The molecule has 0 aliphatic heterocycles. The van der Waals surface area contributed by atoms with E-state index >= 15 is 0 Å². The van der Waals surface area contributed by atoms with Crippen LogP contribution in [0.4, 0.5) is 5.69 Å². The number of likely N-dealkylation sites (N-methyl/N-ethyl adjacent to an activating group) is 1. The first-order valence-electron chi connectivity index (χ1n) is 6.33. The van der Waals surface area contributed by atoms with E-state index in [0.717, 1.165) is 23.2 Å². The topological polar surface area (TPSA) is 30.3 Å². The summed E-state index contributed by atoms with van der Waals surface area (Å²) in [5.74, 6) is 0. The van der Waals surface area contributed by atoms with E-state index in [1.165, 1.54) is 11.3 Å². The minimum atomic E-state index is 0.740. The third-order valence-corrected chi connectivity index (χ3v) is 3.35. The average Bonchev–Trinajstić information content (AvgIpc) is 2.87. The maximum absolute atomic E-state index is 9.38. The number of nitrogens with zero attached hydrogens (tertiary/aromatic N) is 3. The molecule has 0 saturated carbocycles. The summed E-state index contributed by atoms with van der Waals surface area (Å²) in [6.07, 6.45) is 5.16. The lowest BCUT2D eigenvalue weighted by Crippen LogP contribution is -2.11. The van der Waals surface area contributed by atoms with E-state index in [4.69, 9.17) is 0 Å². The predicted octanol–water partition coefficient (Wildman–Crippen LogP) is 2.86. The van der Waals surface area contributed by atoms with Gasteiger partial charge in [0.05, 0.1) is 11.6 Å². The third-order valence-electron chi connectivity index (χ3n) is 3.35. The molecule has 1 aromatic carbocycles. The van der Waals surface area contributed by atoms with E-state index in [0.29, 0.717) is 0 Å². The minimum absolute atomic E-state index is 0.740. The lowest BCUT2D eigenvalue weighted by Gasteiger charge is -2.18. The molecule has 0 spiro atoms. The quantitative estimate of drug-likeness (QED) is 0.829. The van der Waals surface area contributed by atoms with Gasteiger partial charge in [-0.25, -0.2) is 0 Å². The molecule has 19 heavy (non-hydrogen) atoms. The van der Waals surface area contributed by atoms with E-state index in [1.54, 1.807) is 0 Å². The summed E-state index contributed by atoms with van der Waals surface area (Å²) in [5, 5.41) is 9.38. The van der Waals surface area contributed by atoms with Crippen LogP contribution in [0.15, 0.2) is 36.0 Å². The second kappa shape index (κ2) is 5.19. The van der Waals surface area contributed by atoms with Gasteiger partial charge in [0, 0.05) is 39.6 Å². The van der Waals surface area contributed by atoms with Gasteiger partial charge in [-0.15, -0.1) is 0 Å². The summed E-state index contributed by atoms with van der Waals surface area (Å²) >= 11 is 0. The number of allylic oxidation sites excluding steroid dienone is 3. The first kappa shape index (κ1) is 13.2. The van der Waals surface area contributed by atoms with Crippen LogP contribution in [0.5, 0.6) is 0 Å². The van der Waals surface area contributed by atoms with Crippen molar-refractivity contribution >= 4 is 11.3 Å². The second-order valence-electron chi connectivity index (χ2n) is 5.10. The number of nitriles is 1. The fraction of sp³-hybridized carbons (Fsp3) is 0.312. The monoisotopic (exact) mass is 253 g/mol. The number of benzene rings is 1. The molecule has 0 aromatic heterocycles. The number of hydrogen-bond acceptors (Lipinski definition) is 3. The molecule has 98 valence electrons. The van der Waals surface area contributed by atoms with Gasteiger partial charge in [0.1, 0.15) is 0 Å². The molecule has 0 amide bonds. The first-order valence-corrected chi connectivity index (χ1v) is 6.33. The van der Waals surface area contributed by atoms with Gasteiger partial charge in [-0.3, -0.25) is 0 Å². The van der Waals surface area contributed by atoms with Crippen molar-refractivity contribution in [3.63, 3.8) is 0 Å². The molecule has 1 aliphatic carbocycles. The van der Waals surface area contributed by atoms with Crippen LogP contribution >= 0.6 is 0 Å². The molecule has 3 nitrogen and oxygen atoms in total. The molecule has 2 rings (SSSR count). The number of anilines is 1. The summed E-state index contributed by atoms with van der Waals surface area (Å²) in [4.78, 5) is 4.11. The van der Waals surface area contributed by atoms with E-state index < -0.39 is 0 Å².